The molecule has 2 rings (SSSR count). The number of aldehydes is 1. The van der Waals surface area contributed by atoms with Gasteiger partial charge in [-0.2, -0.15) is 0 Å². The number of hydrogen-bond donors (Lipinski definition) is 0. The van der Waals surface area contributed by atoms with Crippen molar-refractivity contribution in [1.29, 1.82) is 0 Å². The molecule has 0 bridgehead atoms. The van der Waals surface area contributed by atoms with Crippen LogP contribution in [0.15, 0.2) is 30.3 Å². The zero-order chi connectivity index (χ0) is 11.2. The van der Waals surface area contributed by atoms with Crippen LogP contribution in [0.1, 0.15) is 30.7 Å². The van der Waals surface area contributed by atoms with Gasteiger partial charge in [0.05, 0.1) is 0 Å². The van der Waals surface area contributed by atoms with Crippen LogP contribution in [0.5, 0.6) is 0 Å². The highest BCUT2D eigenvalue weighted by molar-refractivity contribution is 5.51. The molecule has 1 atom stereocenters. The van der Waals surface area contributed by atoms with Gasteiger partial charge in [0.25, 0.3) is 0 Å². The minimum absolute atomic E-state index is 0.377. The molecule has 0 aromatic heterocycles. The molecule has 1 fully saturated rings. The molecular formula is C14H18O2. The predicted octanol–water partition coefficient (Wildman–Crippen LogP) is 2.79. The third kappa shape index (κ3) is 2.70. The quantitative estimate of drug-likeness (QED) is 0.726. The molecule has 2 heteroatoms. The molecule has 16 heavy (non-hydrogen) atoms. The molecule has 1 aliphatic rings. The molecule has 0 aliphatic carbocycles. The number of carbonyl (C=O) groups is 1. The SMILES string of the molecule is O=CC[C@@H](c1ccccc1)C1CCOCC1. The lowest BCUT2D eigenvalue weighted by Gasteiger charge is -2.29. The zero-order valence-corrected chi connectivity index (χ0v) is 9.47. The Balaban J connectivity index is 2.12. The third-order valence-electron chi connectivity index (χ3n) is 3.41. The van der Waals surface area contributed by atoms with E-state index in [1.54, 1.807) is 0 Å². The molecule has 2 nitrogen and oxygen atoms in total. The van der Waals surface area contributed by atoms with E-state index in [0.29, 0.717) is 18.3 Å². The van der Waals surface area contributed by atoms with Crippen molar-refractivity contribution in [2.24, 2.45) is 5.92 Å². The number of ether oxygens (including phenoxy) is 1. The summed E-state index contributed by atoms with van der Waals surface area (Å²) in [4.78, 5) is 10.8. The van der Waals surface area contributed by atoms with E-state index in [2.05, 4.69) is 12.1 Å². The van der Waals surface area contributed by atoms with Crippen LogP contribution in [0.4, 0.5) is 0 Å². The van der Waals surface area contributed by atoms with Crippen LogP contribution >= 0.6 is 0 Å². The first kappa shape index (κ1) is 11.3. The van der Waals surface area contributed by atoms with E-state index in [1.807, 2.05) is 18.2 Å². The average molecular weight is 218 g/mol. The first-order valence-corrected chi connectivity index (χ1v) is 5.98. The van der Waals surface area contributed by atoms with Crippen molar-refractivity contribution in [3.63, 3.8) is 0 Å². The zero-order valence-electron chi connectivity index (χ0n) is 9.47. The van der Waals surface area contributed by atoms with Gasteiger partial charge in [0, 0.05) is 19.6 Å². The van der Waals surface area contributed by atoms with Crippen LogP contribution in [0.3, 0.4) is 0 Å². The summed E-state index contributed by atoms with van der Waals surface area (Å²) in [5.41, 5.74) is 1.29. The molecule has 0 spiro atoms. The number of carbonyl (C=O) groups excluding carboxylic acids is 1. The summed E-state index contributed by atoms with van der Waals surface area (Å²) in [6.07, 6.45) is 3.84. The molecule has 1 aromatic rings. The molecule has 1 aliphatic heterocycles. The summed E-state index contributed by atoms with van der Waals surface area (Å²) in [7, 11) is 0. The van der Waals surface area contributed by atoms with Gasteiger partial charge in [-0.3, -0.25) is 0 Å². The molecule has 0 saturated carbocycles. The highest BCUT2D eigenvalue weighted by Crippen LogP contribution is 2.33. The smallest absolute Gasteiger partial charge is 0.120 e. The van der Waals surface area contributed by atoms with Gasteiger partial charge < -0.3 is 9.53 Å². The van der Waals surface area contributed by atoms with E-state index in [1.165, 1.54) is 5.56 Å². The topological polar surface area (TPSA) is 26.3 Å². The molecule has 0 unspecified atom stereocenters. The maximum absolute atomic E-state index is 10.8. The van der Waals surface area contributed by atoms with Crippen molar-refractivity contribution < 1.29 is 9.53 Å². The van der Waals surface area contributed by atoms with Gasteiger partial charge in [-0.05, 0) is 30.2 Å². The van der Waals surface area contributed by atoms with Crippen LogP contribution in [-0.2, 0) is 9.53 Å². The second-order valence-electron chi connectivity index (χ2n) is 4.37. The summed E-state index contributed by atoms with van der Waals surface area (Å²) < 4.78 is 5.38. The van der Waals surface area contributed by atoms with E-state index in [4.69, 9.17) is 4.74 Å². The standard InChI is InChI=1S/C14H18O2/c15-9-6-14(12-4-2-1-3-5-12)13-7-10-16-11-8-13/h1-5,9,13-14H,6-8,10-11H2/t14-/m0/s1. The van der Waals surface area contributed by atoms with E-state index >= 15 is 0 Å². The molecular weight excluding hydrogens is 200 g/mol. The summed E-state index contributed by atoms with van der Waals surface area (Å²) >= 11 is 0. The predicted molar refractivity (Wildman–Crippen MR) is 63.4 cm³/mol. The molecule has 0 amide bonds. The fourth-order valence-electron chi connectivity index (χ4n) is 2.52. The van der Waals surface area contributed by atoms with E-state index in [-0.39, 0.29) is 0 Å². The first-order valence-electron chi connectivity index (χ1n) is 5.98. The number of benzene rings is 1. The van der Waals surface area contributed by atoms with Crippen LogP contribution in [0.2, 0.25) is 0 Å². The summed E-state index contributed by atoms with van der Waals surface area (Å²) in [5, 5.41) is 0. The normalized spacial score (nSPS) is 19.2. The second kappa shape index (κ2) is 5.80. The van der Waals surface area contributed by atoms with Crippen molar-refractivity contribution in [2.45, 2.75) is 25.2 Å². The average Bonchev–Trinajstić information content (AvgIpc) is 2.38. The highest BCUT2D eigenvalue weighted by atomic mass is 16.5. The Kier molecular flexibility index (Phi) is 4.11. The second-order valence-corrected chi connectivity index (χ2v) is 4.37. The van der Waals surface area contributed by atoms with Crippen LogP contribution in [0.25, 0.3) is 0 Å². The van der Waals surface area contributed by atoms with Gasteiger partial charge in [0.2, 0.25) is 0 Å². The first-order chi connectivity index (χ1) is 7.92. The summed E-state index contributed by atoms with van der Waals surface area (Å²) in [6, 6.07) is 10.4. The third-order valence-corrected chi connectivity index (χ3v) is 3.41. The van der Waals surface area contributed by atoms with Gasteiger partial charge in [0.1, 0.15) is 6.29 Å². The fourth-order valence-corrected chi connectivity index (χ4v) is 2.52. The molecule has 86 valence electrons. The van der Waals surface area contributed by atoms with Gasteiger partial charge in [-0.15, -0.1) is 0 Å². The largest absolute Gasteiger partial charge is 0.381 e. The van der Waals surface area contributed by atoms with Crippen molar-refractivity contribution in [3.8, 4) is 0 Å². The monoisotopic (exact) mass is 218 g/mol. The van der Waals surface area contributed by atoms with Crippen molar-refractivity contribution >= 4 is 6.29 Å². The van der Waals surface area contributed by atoms with E-state index < -0.39 is 0 Å². The highest BCUT2D eigenvalue weighted by Gasteiger charge is 2.24. The minimum Gasteiger partial charge on any atom is -0.381 e. The van der Waals surface area contributed by atoms with Crippen LogP contribution < -0.4 is 0 Å². The Morgan fingerprint density at radius 1 is 1.25 bits per heavy atom. The lowest BCUT2D eigenvalue weighted by Crippen LogP contribution is -2.22. The van der Waals surface area contributed by atoms with Gasteiger partial charge in [-0.25, -0.2) is 0 Å². The van der Waals surface area contributed by atoms with Crippen LogP contribution in [-0.4, -0.2) is 19.5 Å². The molecule has 0 N–H and O–H groups in total. The summed E-state index contributed by atoms with van der Waals surface area (Å²) in [6.45, 7) is 1.68. The molecule has 1 heterocycles. The summed E-state index contributed by atoms with van der Waals surface area (Å²) in [5.74, 6) is 0.976. The van der Waals surface area contributed by atoms with Gasteiger partial charge >= 0.3 is 0 Å². The minimum atomic E-state index is 0.377. The molecule has 1 aromatic carbocycles. The number of hydrogen-bond acceptors (Lipinski definition) is 2. The fraction of sp³-hybridized carbons (Fsp3) is 0.500. The lowest BCUT2D eigenvalue weighted by molar-refractivity contribution is -0.108. The molecule has 0 radical (unpaired) electrons. The van der Waals surface area contributed by atoms with Crippen molar-refractivity contribution in [3.05, 3.63) is 35.9 Å². The Morgan fingerprint density at radius 2 is 1.94 bits per heavy atom. The lowest BCUT2D eigenvalue weighted by atomic mass is 9.80. The van der Waals surface area contributed by atoms with Gasteiger partial charge in [-0.1, -0.05) is 30.3 Å². The van der Waals surface area contributed by atoms with Gasteiger partial charge in [0.15, 0.2) is 0 Å². The Hall–Kier alpha value is -1.15. The maximum Gasteiger partial charge on any atom is 0.120 e. The van der Waals surface area contributed by atoms with E-state index in [0.717, 1.165) is 32.3 Å². The van der Waals surface area contributed by atoms with Crippen molar-refractivity contribution in [1.82, 2.24) is 0 Å². The van der Waals surface area contributed by atoms with Crippen molar-refractivity contribution in [2.75, 3.05) is 13.2 Å². The number of rotatable bonds is 4. The molecule has 1 saturated heterocycles. The Bertz CT molecular complexity index is 315. The Morgan fingerprint density at radius 3 is 2.56 bits per heavy atom. The Labute approximate surface area is 96.6 Å². The van der Waals surface area contributed by atoms with Crippen LogP contribution in [0, 0.1) is 5.92 Å². The maximum atomic E-state index is 10.8. The van der Waals surface area contributed by atoms with E-state index in [9.17, 15) is 4.79 Å².